The highest BCUT2D eigenvalue weighted by molar-refractivity contribution is 5.64. The molecule has 2 heterocycles. The smallest absolute Gasteiger partial charge is 0.225 e. The van der Waals surface area contributed by atoms with Crippen LogP contribution in [0.4, 0.5) is 11.8 Å². The molecule has 3 N–H and O–H groups in total. The van der Waals surface area contributed by atoms with Crippen LogP contribution in [-0.4, -0.2) is 38.7 Å². The van der Waals surface area contributed by atoms with Gasteiger partial charge in [-0.15, -0.1) is 0 Å². The van der Waals surface area contributed by atoms with Gasteiger partial charge in [0.05, 0.1) is 12.3 Å². The van der Waals surface area contributed by atoms with Crippen LogP contribution in [0.15, 0.2) is 30.6 Å². The Kier molecular flexibility index (Phi) is 5.05. The van der Waals surface area contributed by atoms with Gasteiger partial charge in [0.25, 0.3) is 0 Å². The van der Waals surface area contributed by atoms with Gasteiger partial charge in [-0.2, -0.15) is 4.98 Å². The first-order valence-corrected chi connectivity index (χ1v) is 7.02. The highest BCUT2D eigenvalue weighted by atomic mass is 16.3. The number of nitrogens with one attached hydrogen (secondary N) is 2. The summed E-state index contributed by atoms with van der Waals surface area (Å²) in [6, 6.07) is 5.88. The molecule has 0 saturated carbocycles. The number of hydrogen-bond acceptors (Lipinski definition) is 6. The Morgan fingerprint density at radius 1 is 1.10 bits per heavy atom. The second-order valence-electron chi connectivity index (χ2n) is 5.22. The van der Waals surface area contributed by atoms with Crippen LogP contribution < -0.4 is 10.6 Å². The molecule has 2 aromatic heterocycles. The number of hydrogen-bond donors (Lipinski definition) is 3. The maximum absolute atomic E-state index is 9.16. The molecule has 0 unspecified atom stereocenters. The second-order valence-corrected chi connectivity index (χ2v) is 5.22. The van der Waals surface area contributed by atoms with Crippen LogP contribution in [0.1, 0.15) is 20.8 Å². The molecule has 0 aliphatic rings. The van der Waals surface area contributed by atoms with Gasteiger partial charge < -0.3 is 15.7 Å². The third-order valence-corrected chi connectivity index (χ3v) is 2.79. The third-order valence-electron chi connectivity index (χ3n) is 2.79. The fourth-order valence-electron chi connectivity index (χ4n) is 1.82. The summed E-state index contributed by atoms with van der Waals surface area (Å²) in [7, 11) is 0. The predicted octanol–water partition coefficient (Wildman–Crippen LogP) is 2.15. The monoisotopic (exact) mass is 287 g/mol. The first-order valence-electron chi connectivity index (χ1n) is 7.02. The van der Waals surface area contributed by atoms with E-state index in [1.807, 2.05) is 25.1 Å². The Bertz CT molecular complexity index is 574. The molecule has 21 heavy (non-hydrogen) atoms. The van der Waals surface area contributed by atoms with Crippen molar-refractivity contribution in [2.75, 3.05) is 17.2 Å². The van der Waals surface area contributed by atoms with E-state index in [1.54, 1.807) is 12.4 Å². The predicted molar refractivity (Wildman–Crippen MR) is 84.2 cm³/mol. The van der Waals surface area contributed by atoms with Crippen molar-refractivity contribution in [3.05, 3.63) is 30.6 Å². The Morgan fingerprint density at radius 2 is 1.81 bits per heavy atom. The molecule has 0 radical (unpaired) electrons. The number of aliphatic hydroxyl groups is 1. The molecule has 1 atom stereocenters. The molecule has 0 saturated heterocycles. The highest BCUT2D eigenvalue weighted by Crippen LogP contribution is 2.21. The summed E-state index contributed by atoms with van der Waals surface area (Å²) in [5, 5.41) is 15.5. The van der Waals surface area contributed by atoms with Gasteiger partial charge in [-0.1, -0.05) is 0 Å². The van der Waals surface area contributed by atoms with E-state index >= 15 is 0 Å². The first-order chi connectivity index (χ1) is 10.1. The zero-order valence-corrected chi connectivity index (χ0v) is 12.5. The van der Waals surface area contributed by atoms with Gasteiger partial charge in [0.1, 0.15) is 5.82 Å². The lowest BCUT2D eigenvalue weighted by molar-refractivity contribution is 0.281. The minimum Gasteiger partial charge on any atom is -0.394 e. The molecule has 0 aliphatic carbocycles. The zero-order valence-electron chi connectivity index (χ0n) is 12.5. The summed E-state index contributed by atoms with van der Waals surface area (Å²) in [5.74, 6) is 1.24. The minimum atomic E-state index is -0.107. The SMILES string of the molecule is CC(C)Nc1cc(-c2ccncc2)nc(N[C@H](C)CO)n1. The molecule has 0 aromatic carbocycles. The molecular formula is C15H21N5O. The molecule has 6 heteroatoms. The van der Waals surface area contributed by atoms with Crippen molar-refractivity contribution in [3.8, 4) is 11.3 Å². The molecule has 0 amide bonds. The fraction of sp³-hybridized carbons (Fsp3) is 0.400. The highest BCUT2D eigenvalue weighted by Gasteiger charge is 2.09. The maximum Gasteiger partial charge on any atom is 0.225 e. The number of aliphatic hydroxyl groups excluding tert-OH is 1. The maximum atomic E-state index is 9.16. The molecule has 112 valence electrons. The minimum absolute atomic E-state index is 0.0236. The molecule has 0 spiro atoms. The van der Waals surface area contributed by atoms with Crippen molar-refractivity contribution in [1.29, 1.82) is 0 Å². The van der Waals surface area contributed by atoms with Crippen LogP contribution in [0, 0.1) is 0 Å². The summed E-state index contributed by atoms with van der Waals surface area (Å²) in [6.07, 6.45) is 3.47. The molecular weight excluding hydrogens is 266 g/mol. The van der Waals surface area contributed by atoms with Crippen molar-refractivity contribution in [2.45, 2.75) is 32.9 Å². The molecule has 6 nitrogen and oxygen atoms in total. The van der Waals surface area contributed by atoms with Gasteiger partial charge in [-0.25, -0.2) is 4.98 Å². The first kappa shape index (κ1) is 15.2. The lowest BCUT2D eigenvalue weighted by Gasteiger charge is -2.15. The average Bonchev–Trinajstić information content (AvgIpc) is 2.47. The largest absolute Gasteiger partial charge is 0.394 e. The van der Waals surface area contributed by atoms with E-state index < -0.39 is 0 Å². The van der Waals surface area contributed by atoms with Gasteiger partial charge in [0.2, 0.25) is 5.95 Å². The van der Waals surface area contributed by atoms with Crippen molar-refractivity contribution in [3.63, 3.8) is 0 Å². The van der Waals surface area contributed by atoms with E-state index in [0.717, 1.165) is 17.1 Å². The van der Waals surface area contributed by atoms with E-state index in [-0.39, 0.29) is 18.7 Å². The van der Waals surface area contributed by atoms with Crippen molar-refractivity contribution in [2.24, 2.45) is 0 Å². The molecule has 0 bridgehead atoms. The quantitative estimate of drug-likeness (QED) is 0.755. The van der Waals surface area contributed by atoms with Gasteiger partial charge in [-0.3, -0.25) is 4.98 Å². The van der Waals surface area contributed by atoms with Crippen LogP contribution in [0.25, 0.3) is 11.3 Å². The molecule has 2 rings (SSSR count). The standard InChI is InChI=1S/C15H21N5O/c1-10(2)17-14-8-13(12-4-6-16-7-5-12)19-15(20-14)18-11(3)9-21/h4-8,10-11,21H,9H2,1-3H3,(H2,17,18,19,20)/t11-/m1/s1. The second kappa shape index (κ2) is 6.99. The topological polar surface area (TPSA) is 83.0 Å². The summed E-state index contributed by atoms with van der Waals surface area (Å²) >= 11 is 0. The number of aromatic nitrogens is 3. The van der Waals surface area contributed by atoms with E-state index in [1.165, 1.54) is 0 Å². The summed E-state index contributed by atoms with van der Waals surface area (Å²) in [6.45, 7) is 6.00. The van der Waals surface area contributed by atoms with Crippen LogP contribution in [-0.2, 0) is 0 Å². The van der Waals surface area contributed by atoms with Gasteiger partial charge in [-0.05, 0) is 32.9 Å². The lowest BCUT2D eigenvalue weighted by Crippen LogP contribution is -2.21. The number of anilines is 2. The average molecular weight is 287 g/mol. The number of rotatable bonds is 6. The van der Waals surface area contributed by atoms with E-state index in [4.69, 9.17) is 5.11 Å². The van der Waals surface area contributed by atoms with Crippen molar-refractivity contribution < 1.29 is 5.11 Å². The number of pyridine rings is 1. The van der Waals surface area contributed by atoms with E-state index in [9.17, 15) is 0 Å². The third kappa shape index (κ3) is 4.39. The van der Waals surface area contributed by atoms with Crippen LogP contribution in [0.2, 0.25) is 0 Å². The zero-order chi connectivity index (χ0) is 15.2. The number of nitrogens with zero attached hydrogens (tertiary/aromatic N) is 3. The fourth-order valence-corrected chi connectivity index (χ4v) is 1.82. The van der Waals surface area contributed by atoms with Crippen LogP contribution in [0.3, 0.4) is 0 Å². The summed E-state index contributed by atoms with van der Waals surface area (Å²) < 4.78 is 0. The summed E-state index contributed by atoms with van der Waals surface area (Å²) in [4.78, 5) is 12.9. The molecule has 0 fully saturated rings. The Hall–Kier alpha value is -2.21. The lowest BCUT2D eigenvalue weighted by atomic mass is 10.2. The molecule has 0 aliphatic heterocycles. The van der Waals surface area contributed by atoms with Gasteiger partial charge in [0, 0.05) is 36.1 Å². The van der Waals surface area contributed by atoms with Gasteiger partial charge >= 0.3 is 0 Å². The molecule has 2 aromatic rings. The Labute approximate surface area is 124 Å². The van der Waals surface area contributed by atoms with E-state index in [0.29, 0.717) is 5.95 Å². The van der Waals surface area contributed by atoms with Crippen LogP contribution >= 0.6 is 0 Å². The van der Waals surface area contributed by atoms with Crippen molar-refractivity contribution in [1.82, 2.24) is 15.0 Å². The van der Waals surface area contributed by atoms with Crippen molar-refractivity contribution >= 4 is 11.8 Å². The normalized spacial score (nSPS) is 12.2. The summed E-state index contributed by atoms with van der Waals surface area (Å²) in [5.41, 5.74) is 1.78. The van der Waals surface area contributed by atoms with Crippen LogP contribution in [0.5, 0.6) is 0 Å². The van der Waals surface area contributed by atoms with E-state index in [2.05, 4.69) is 39.4 Å². The Balaban J connectivity index is 2.37. The van der Waals surface area contributed by atoms with Gasteiger partial charge in [0.15, 0.2) is 0 Å². The Morgan fingerprint density at radius 3 is 2.43 bits per heavy atom.